The SMILES string of the molecule is CN(CC(C)(C)C)c1cc(C(N)=NO)c2ccccc2n1. The maximum Gasteiger partial charge on any atom is 0.170 e. The molecule has 0 spiro atoms. The van der Waals surface area contributed by atoms with E-state index in [1.807, 2.05) is 37.4 Å². The second kappa shape index (κ2) is 5.60. The zero-order valence-electron chi connectivity index (χ0n) is 13.0. The molecule has 5 heteroatoms. The molecule has 0 atom stereocenters. The monoisotopic (exact) mass is 286 g/mol. The van der Waals surface area contributed by atoms with E-state index in [1.165, 1.54) is 0 Å². The van der Waals surface area contributed by atoms with Crippen molar-refractivity contribution < 1.29 is 5.21 Å². The number of oxime groups is 1. The molecule has 112 valence electrons. The molecule has 3 N–H and O–H groups in total. The maximum atomic E-state index is 8.99. The summed E-state index contributed by atoms with van der Waals surface area (Å²) in [6, 6.07) is 9.56. The number of nitrogens with two attached hydrogens (primary N) is 1. The van der Waals surface area contributed by atoms with Crippen LogP contribution >= 0.6 is 0 Å². The predicted molar refractivity (Wildman–Crippen MR) is 87.0 cm³/mol. The molecular formula is C16H22N4O. The van der Waals surface area contributed by atoms with Crippen molar-refractivity contribution in [3.63, 3.8) is 0 Å². The predicted octanol–water partition coefficient (Wildman–Crippen LogP) is 2.81. The van der Waals surface area contributed by atoms with Crippen molar-refractivity contribution in [2.75, 3.05) is 18.5 Å². The normalized spacial score (nSPS) is 12.7. The van der Waals surface area contributed by atoms with Gasteiger partial charge in [-0.3, -0.25) is 0 Å². The zero-order valence-corrected chi connectivity index (χ0v) is 13.0. The van der Waals surface area contributed by atoms with Crippen molar-refractivity contribution in [3.8, 4) is 0 Å². The lowest BCUT2D eigenvalue weighted by Gasteiger charge is -2.28. The highest BCUT2D eigenvalue weighted by atomic mass is 16.4. The van der Waals surface area contributed by atoms with Gasteiger partial charge in [-0.1, -0.05) is 44.1 Å². The van der Waals surface area contributed by atoms with Crippen LogP contribution in [0.3, 0.4) is 0 Å². The molecule has 21 heavy (non-hydrogen) atoms. The van der Waals surface area contributed by atoms with Crippen LogP contribution < -0.4 is 10.6 Å². The first-order valence-electron chi connectivity index (χ1n) is 6.90. The van der Waals surface area contributed by atoms with Gasteiger partial charge in [-0.15, -0.1) is 0 Å². The maximum absolute atomic E-state index is 8.99. The molecule has 1 aromatic carbocycles. The highest BCUT2D eigenvalue weighted by Crippen LogP contribution is 2.24. The number of aromatic nitrogens is 1. The van der Waals surface area contributed by atoms with E-state index in [4.69, 9.17) is 10.9 Å². The van der Waals surface area contributed by atoms with Crippen LogP contribution in [-0.2, 0) is 0 Å². The number of benzene rings is 1. The summed E-state index contributed by atoms with van der Waals surface area (Å²) < 4.78 is 0. The van der Waals surface area contributed by atoms with Crippen molar-refractivity contribution in [2.24, 2.45) is 16.3 Å². The van der Waals surface area contributed by atoms with Crippen LogP contribution in [-0.4, -0.2) is 29.6 Å². The fraction of sp³-hybridized carbons (Fsp3) is 0.375. The lowest BCUT2D eigenvalue weighted by atomic mass is 9.96. The number of amidine groups is 1. The molecule has 0 unspecified atom stereocenters. The average molecular weight is 286 g/mol. The molecular weight excluding hydrogens is 264 g/mol. The minimum absolute atomic E-state index is 0.0963. The van der Waals surface area contributed by atoms with Crippen LogP contribution in [0.2, 0.25) is 0 Å². The Morgan fingerprint density at radius 2 is 2.00 bits per heavy atom. The largest absolute Gasteiger partial charge is 0.409 e. The summed E-state index contributed by atoms with van der Waals surface area (Å²) in [5.41, 5.74) is 7.49. The Kier molecular flexibility index (Phi) is 4.02. The number of hydrogen-bond acceptors (Lipinski definition) is 4. The van der Waals surface area contributed by atoms with E-state index in [2.05, 4.69) is 35.8 Å². The molecule has 1 aromatic heterocycles. The molecule has 0 saturated carbocycles. The molecule has 0 fully saturated rings. The summed E-state index contributed by atoms with van der Waals surface area (Å²) >= 11 is 0. The second-order valence-corrected chi connectivity index (χ2v) is 6.45. The van der Waals surface area contributed by atoms with Crippen LogP contribution in [0.5, 0.6) is 0 Å². The summed E-state index contributed by atoms with van der Waals surface area (Å²) in [6.07, 6.45) is 0. The Bertz CT molecular complexity index is 674. The molecule has 0 aliphatic heterocycles. The first-order valence-corrected chi connectivity index (χ1v) is 6.90. The number of anilines is 1. The van der Waals surface area contributed by atoms with E-state index in [0.29, 0.717) is 5.56 Å². The molecule has 2 aromatic rings. The van der Waals surface area contributed by atoms with Crippen molar-refractivity contribution in [1.82, 2.24) is 4.98 Å². The number of fused-ring (bicyclic) bond motifs is 1. The molecule has 0 saturated heterocycles. The minimum Gasteiger partial charge on any atom is -0.409 e. The van der Waals surface area contributed by atoms with Crippen molar-refractivity contribution in [1.29, 1.82) is 0 Å². The Balaban J connectivity index is 2.56. The fourth-order valence-electron chi connectivity index (χ4n) is 2.42. The van der Waals surface area contributed by atoms with Gasteiger partial charge in [-0.25, -0.2) is 4.98 Å². The third kappa shape index (κ3) is 3.42. The number of hydrogen-bond donors (Lipinski definition) is 2. The van der Waals surface area contributed by atoms with Gasteiger partial charge in [-0.05, 0) is 17.5 Å². The fourth-order valence-corrected chi connectivity index (χ4v) is 2.42. The minimum atomic E-state index is 0.0963. The van der Waals surface area contributed by atoms with E-state index in [-0.39, 0.29) is 11.3 Å². The lowest BCUT2D eigenvalue weighted by Crippen LogP contribution is -2.30. The summed E-state index contributed by atoms with van der Waals surface area (Å²) in [7, 11) is 2.00. The quantitative estimate of drug-likeness (QED) is 0.394. The van der Waals surface area contributed by atoms with Gasteiger partial charge in [0.05, 0.1) is 5.52 Å². The highest BCUT2D eigenvalue weighted by molar-refractivity contribution is 6.08. The Morgan fingerprint density at radius 1 is 1.33 bits per heavy atom. The topological polar surface area (TPSA) is 74.7 Å². The number of nitrogens with zero attached hydrogens (tertiary/aromatic N) is 3. The van der Waals surface area contributed by atoms with E-state index in [0.717, 1.165) is 23.3 Å². The highest BCUT2D eigenvalue weighted by Gasteiger charge is 2.17. The zero-order chi connectivity index (χ0) is 15.6. The second-order valence-electron chi connectivity index (χ2n) is 6.45. The van der Waals surface area contributed by atoms with Gasteiger partial charge in [0, 0.05) is 24.5 Å². The third-order valence-electron chi connectivity index (χ3n) is 3.19. The Morgan fingerprint density at radius 3 is 2.62 bits per heavy atom. The van der Waals surface area contributed by atoms with Crippen molar-refractivity contribution >= 4 is 22.6 Å². The molecule has 0 amide bonds. The van der Waals surface area contributed by atoms with E-state index < -0.39 is 0 Å². The Hall–Kier alpha value is -2.30. The van der Waals surface area contributed by atoms with Crippen LogP contribution in [0.15, 0.2) is 35.5 Å². The summed E-state index contributed by atoms with van der Waals surface area (Å²) in [5, 5.41) is 13.0. The Labute approximate surface area is 125 Å². The van der Waals surface area contributed by atoms with Gasteiger partial charge >= 0.3 is 0 Å². The van der Waals surface area contributed by atoms with Crippen LogP contribution in [0.1, 0.15) is 26.3 Å². The molecule has 0 bridgehead atoms. The van der Waals surface area contributed by atoms with Crippen LogP contribution in [0.4, 0.5) is 5.82 Å². The molecule has 0 aliphatic rings. The van der Waals surface area contributed by atoms with E-state index >= 15 is 0 Å². The van der Waals surface area contributed by atoms with Gasteiger partial charge in [0.15, 0.2) is 5.84 Å². The number of para-hydroxylation sites is 1. The van der Waals surface area contributed by atoms with Crippen molar-refractivity contribution in [3.05, 3.63) is 35.9 Å². The van der Waals surface area contributed by atoms with E-state index in [9.17, 15) is 0 Å². The summed E-state index contributed by atoms with van der Waals surface area (Å²) in [6.45, 7) is 7.38. The van der Waals surface area contributed by atoms with Crippen LogP contribution in [0, 0.1) is 5.41 Å². The van der Waals surface area contributed by atoms with Gasteiger partial charge < -0.3 is 15.8 Å². The van der Waals surface area contributed by atoms with Crippen LogP contribution in [0.25, 0.3) is 10.9 Å². The van der Waals surface area contributed by atoms with Gasteiger partial charge in [-0.2, -0.15) is 0 Å². The van der Waals surface area contributed by atoms with E-state index in [1.54, 1.807) is 0 Å². The van der Waals surface area contributed by atoms with Gasteiger partial charge in [0.1, 0.15) is 5.82 Å². The molecule has 2 rings (SSSR count). The van der Waals surface area contributed by atoms with Gasteiger partial charge in [0.2, 0.25) is 0 Å². The molecule has 0 aliphatic carbocycles. The standard InChI is InChI=1S/C16H22N4O/c1-16(2,3)10-20(4)14-9-12(15(17)19-21)11-7-5-6-8-13(11)18-14/h5-9,21H,10H2,1-4H3,(H2,17,19). The summed E-state index contributed by atoms with van der Waals surface area (Å²) in [5.74, 6) is 0.907. The average Bonchev–Trinajstić information content (AvgIpc) is 2.43. The molecule has 0 radical (unpaired) electrons. The third-order valence-corrected chi connectivity index (χ3v) is 3.19. The lowest BCUT2D eigenvalue weighted by molar-refractivity contribution is 0.318. The first-order chi connectivity index (χ1) is 9.81. The molecule has 5 nitrogen and oxygen atoms in total. The van der Waals surface area contributed by atoms with Gasteiger partial charge in [0.25, 0.3) is 0 Å². The summed E-state index contributed by atoms with van der Waals surface area (Å²) in [4.78, 5) is 6.75. The number of pyridine rings is 1. The van der Waals surface area contributed by atoms with Crippen molar-refractivity contribution in [2.45, 2.75) is 20.8 Å². The molecule has 1 heterocycles. The number of rotatable bonds is 3. The first kappa shape index (κ1) is 15.1. The smallest absolute Gasteiger partial charge is 0.170 e.